The van der Waals surface area contributed by atoms with E-state index in [1.807, 2.05) is 6.08 Å². The molecule has 4 nitrogen and oxygen atoms in total. The van der Waals surface area contributed by atoms with Gasteiger partial charge in [-0.3, -0.25) is 9.59 Å². The number of Topliss-reactive ketones (excluding diaryl/α,β-unsaturated/α-hetero) is 2. The van der Waals surface area contributed by atoms with Crippen molar-refractivity contribution in [1.82, 2.24) is 0 Å². The lowest BCUT2D eigenvalue weighted by molar-refractivity contribution is -0.121. The molecule has 4 heteroatoms. The summed E-state index contributed by atoms with van der Waals surface area (Å²) in [6, 6.07) is 0. The molecule has 0 unspecified atom stereocenters. The lowest BCUT2D eigenvalue weighted by atomic mass is 9.90. The van der Waals surface area contributed by atoms with Crippen molar-refractivity contribution in [2.75, 3.05) is 14.2 Å². The minimum atomic E-state index is -0.283. The van der Waals surface area contributed by atoms with Crippen molar-refractivity contribution in [2.24, 2.45) is 0 Å². The van der Waals surface area contributed by atoms with Crippen molar-refractivity contribution in [3.8, 4) is 0 Å². The molecule has 0 aromatic carbocycles. The number of rotatable bonds is 22. The molecule has 0 atom stereocenters. The van der Waals surface area contributed by atoms with Gasteiger partial charge in [-0.05, 0) is 146 Å². The highest BCUT2D eigenvalue weighted by molar-refractivity contribution is 6.23. The lowest BCUT2D eigenvalue weighted by Crippen LogP contribution is -2.24. The molecular formula is C44H66O4. The molecule has 0 radical (unpaired) electrons. The van der Waals surface area contributed by atoms with Crippen molar-refractivity contribution in [3.05, 3.63) is 104 Å². The largest absolute Gasteiger partial charge is 0.489 e. The smallest absolute Gasteiger partial charge is 0.228 e. The summed E-state index contributed by atoms with van der Waals surface area (Å²) in [5.41, 5.74) is 10.9. The first-order valence-corrected chi connectivity index (χ1v) is 18.0. The lowest BCUT2D eigenvalue weighted by Gasteiger charge is -2.19. The fourth-order valence-electron chi connectivity index (χ4n) is 5.65. The average Bonchev–Trinajstić information content (AvgIpc) is 3.02. The van der Waals surface area contributed by atoms with Crippen LogP contribution >= 0.6 is 0 Å². The molecule has 0 saturated carbocycles. The Bertz CT molecular complexity index is 1360. The number of methoxy groups -OCH3 is 2. The maximum atomic E-state index is 12.8. The number of hydrogen-bond acceptors (Lipinski definition) is 4. The van der Waals surface area contributed by atoms with Gasteiger partial charge in [-0.2, -0.15) is 0 Å². The molecule has 0 N–H and O–H groups in total. The van der Waals surface area contributed by atoms with Gasteiger partial charge in [-0.25, -0.2) is 0 Å². The summed E-state index contributed by atoms with van der Waals surface area (Å²) >= 11 is 0. The first-order valence-electron chi connectivity index (χ1n) is 18.0. The average molecular weight is 659 g/mol. The van der Waals surface area contributed by atoms with Gasteiger partial charge in [-0.1, -0.05) is 81.5 Å². The van der Waals surface area contributed by atoms with Gasteiger partial charge in [0.25, 0.3) is 0 Å². The van der Waals surface area contributed by atoms with Crippen molar-refractivity contribution in [2.45, 2.75) is 146 Å². The fraction of sp³-hybridized carbons (Fsp3) is 0.545. The highest BCUT2D eigenvalue weighted by Crippen LogP contribution is 2.28. The standard InChI is InChI=1S/C44H66O4/c1-32(2)18-12-19-33(3)20-13-21-34(4)22-14-23-35(5)24-15-25-36(6)26-16-27-37(7)28-17-29-38(8)30-31-40-39(9)41(45)43(47-10)44(48-11)42(40)46/h18,20,22,24,26,28,30H,12-17,19,21,23,25,27,29,31H2,1-11H3/b33-20+,34-22+,35-24-,36-26+,37-28+,38-30+. The van der Waals surface area contributed by atoms with Gasteiger partial charge in [0.15, 0.2) is 0 Å². The Morgan fingerprint density at radius 1 is 0.458 bits per heavy atom. The second-order valence-electron chi connectivity index (χ2n) is 13.8. The molecule has 0 spiro atoms. The first kappa shape index (κ1) is 42.6. The zero-order valence-electron chi connectivity index (χ0n) is 32.4. The first-order chi connectivity index (χ1) is 22.8. The predicted octanol–water partition coefficient (Wildman–Crippen LogP) is 12.7. The van der Waals surface area contributed by atoms with E-state index in [9.17, 15) is 9.59 Å². The maximum absolute atomic E-state index is 12.8. The number of carbonyl (C=O) groups excluding carboxylic acids is 2. The summed E-state index contributed by atoms with van der Waals surface area (Å²) in [5, 5.41) is 0. The van der Waals surface area contributed by atoms with Crippen molar-refractivity contribution in [1.29, 1.82) is 0 Å². The Labute approximate surface area is 294 Å². The molecule has 0 aliphatic heterocycles. The van der Waals surface area contributed by atoms with E-state index in [1.54, 1.807) is 6.92 Å². The van der Waals surface area contributed by atoms with Gasteiger partial charge >= 0.3 is 0 Å². The van der Waals surface area contributed by atoms with Crippen molar-refractivity contribution < 1.29 is 19.1 Å². The predicted molar refractivity (Wildman–Crippen MR) is 206 cm³/mol. The molecule has 1 rings (SSSR count). The molecule has 0 saturated heterocycles. The molecule has 0 aromatic heterocycles. The summed E-state index contributed by atoms with van der Waals surface area (Å²) in [6.07, 6.45) is 30.0. The van der Waals surface area contributed by atoms with Gasteiger partial charge in [0, 0.05) is 11.1 Å². The van der Waals surface area contributed by atoms with Crippen LogP contribution < -0.4 is 0 Å². The zero-order valence-corrected chi connectivity index (χ0v) is 32.4. The van der Waals surface area contributed by atoms with Crippen LogP contribution in [0.3, 0.4) is 0 Å². The fourth-order valence-corrected chi connectivity index (χ4v) is 5.65. The quantitative estimate of drug-likeness (QED) is 0.0858. The second kappa shape index (κ2) is 23.8. The van der Waals surface area contributed by atoms with Crippen LogP contribution in [0, 0.1) is 0 Å². The van der Waals surface area contributed by atoms with E-state index in [-0.39, 0.29) is 23.1 Å². The van der Waals surface area contributed by atoms with Gasteiger partial charge in [0.2, 0.25) is 23.1 Å². The van der Waals surface area contributed by atoms with E-state index in [0.717, 1.165) is 70.6 Å². The van der Waals surface area contributed by atoms with E-state index in [1.165, 1.54) is 59.7 Å². The van der Waals surface area contributed by atoms with Crippen LogP contribution in [0.1, 0.15) is 146 Å². The number of ether oxygens (including phenoxy) is 2. The van der Waals surface area contributed by atoms with Crippen LogP contribution in [0.4, 0.5) is 0 Å². The number of carbonyl (C=O) groups is 2. The molecule has 0 heterocycles. The van der Waals surface area contributed by atoms with E-state index in [2.05, 4.69) is 91.8 Å². The molecule has 0 bridgehead atoms. The monoisotopic (exact) mass is 658 g/mol. The second-order valence-corrected chi connectivity index (χ2v) is 13.8. The summed E-state index contributed by atoms with van der Waals surface area (Å²) in [4.78, 5) is 25.4. The number of ketones is 2. The number of allylic oxidation sites excluding steroid dienone is 16. The summed E-state index contributed by atoms with van der Waals surface area (Å²) in [6.45, 7) is 19.4. The minimum Gasteiger partial charge on any atom is -0.489 e. The van der Waals surface area contributed by atoms with Gasteiger partial charge in [-0.15, -0.1) is 0 Å². The van der Waals surface area contributed by atoms with Crippen LogP contribution in [-0.4, -0.2) is 25.8 Å². The molecule has 0 fully saturated rings. The SMILES string of the molecule is COC1=C(OC)C(=O)C(C/C=C(\C)CC/C=C(\C)CC/C=C(\C)CC/C=C(/C)CC/C=C(\C)CC/C=C(\C)CCC=C(C)C)=C(C)C1=O. The molecule has 266 valence electrons. The highest BCUT2D eigenvalue weighted by Gasteiger charge is 2.34. The Morgan fingerprint density at radius 2 is 0.750 bits per heavy atom. The van der Waals surface area contributed by atoms with Gasteiger partial charge in [0.05, 0.1) is 14.2 Å². The Balaban J connectivity index is 2.37. The third kappa shape index (κ3) is 17.1. The summed E-state index contributed by atoms with van der Waals surface area (Å²) < 4.78 is 10.3. The van der Waals surface area contributed by atoms with Crippen molar-refractivity contribution in [3.63, 3.8) is 0 Å². The van der Waals surface area contributed by atoms with Crippen LogP contribution in [0.15, 0.2) is 104 Å². The molecule has 0 aromatic rings. The molecule has 0 amide bonds. The minimum absolute atomic E-state index is 0.00623. The van der Waals surface area contributed by atoms with Crippen LogP contribution in [0.5, 0.6) is 0 Å². The zero-order chi connectivity index (χ0) is 36.1. The maximum Gasteiger partial charge on any atom is 0.228 e. The third-order valence-electron chi connectivity index (χ3n) is 9.00. The molecular weight excluding hydrogens is 592 g/mol. The van der Waals surface area contributed by atoms with Crippen molar-refractivity contribution >= 4 is 11.6 Å². The van der Waals surface area contributed by atoms with E-state index in [4.69, 9.17) is 9.47 Å². The third-order valence-corrected chi connectivity index (χ3v) is 9.00. The molecule has 48 heavy (non-hydrogen) atoms. The highest BCUT2D eigenvalue weighted by atomic mass is 16.5. The summed E-state index contributed by atoms with van der Waals surface area (Å²) in [5.74, 6) is -0.570. The van der Waals surface area contributed by atoms with Crippen LogP contribution in [-0.2, 0) is 19.1 Å². The van der Waals surface area contributed by atoms with E-state index in [0.29, 0.717) is 17.6 Å². The van der Waals surface area contributed by atoms with Crippen LogP contribution in [0.25, 0.3) is 0 Å². The van der Waals surface area contributed by atoms with Gasteiger partial charge in [0.1, 0.15) is 0 Å². The van der Waals surface area contributed by atoms with Gasteiger partial charge < -0.3 is 9.47 Å². The Hall–Kier alpha value is -3.40. The van der Waals surface area contributed by atoms with E-state index >= 15 is 0 Å². The Kier molecular flexibility index (Phi) is 21.2. The summed E-state index contributed by atoms with van der Waals surface area (Å²) in [7, 11) is 2.77. The topological polar surface area (TPSA) is 52.6 Å². The van der Waals surface area contributed by atoms with Crippen LogP contribution in [0.2, 0.25) is 0 Å². The molecule has 1 aliphatic rings. The Morgan fingerprint density at radius 3 is 1.06 bits per heavy atom. The number of hydrogen-bond donors (Lipinski definition) is 0. The normalized spacial score (nSPS) is 15.9. The molecule has 1 aliphatic carbocycles. The van der Waals surface area contributed by atoms with E-state index < -0.39 is 0 Å².